The molecule has 0 fully saturated rings. The van der Waals surface area contributed by atoms with Gasteiger partial charge in [0.1, 0.15) is 21.2 Å². The van der Waals surface area contributed by atoms with Gasteiger partial charge in [0.2, 0.25) is 0 Å². The van der Waals surface area contributed by atoms with Crippen molar-refractivity contribution in [2.45, 2.75) is 11.1 Å². The molecule has 92 valence electrons. The molecule has 3 nitrogen and oxygen atoms in total. The second-order valence-electron chi connectivity index (χ2n) is 3.23. The maximum atomic E-state index is 12.7. The fourth-order valence-corrected chi connectivity index (χ4v) is 2.56. The van der Waals surface area contributed by atoms with E-state index in [9.17, 15) is 21.8 Å². The zero-order valence-corrected chi connectivity index (χ0v) is 8.56. The van der Waals surface area contributed by atoms with Gasteiger partial charge in [0, 0.05) is 0 Å². The van der Waals surface area contributed by atoms with Gasteiger partial charge in [-0.2, -0.15) is 13.2 Å². The maximum absolute atomic E-state index is 12.7. The molecule has 0 atom stereocenters. The zero-order valence-electron chi connectivity index (χ0n) is 7.74. The molecule has 0 unspecified atom stereocenters. The van der Waals surface area contributed by atoms with Crippen LogP contribution in [0.25, 0.3) is 0 Å². The van der Waals surface area contributed by atoms with Crippen LogP contribution in [0.3, 0.4) is 0 Å². The Kier molecular flexibility index (Phi) is 2.86. The monoisotopic (exact) mass is 260 g/mol. The average molecular weight is 260 g/mol. The van der Waals surface area contributed by atoms with Crippen molar-refractivity contribution in [3.8, 4) is 0 Å². The van der Waals surface area contributed by atoms with Crippen molar-refractivity contribution in [1.82, 2.24) is 0 Å². The average Bonchev–Trinajstić information content (AvgIpc) is 1.98. The summed E-state index contributed by atoms with van der Waals surface area (Å²) in [6.07, 6.45) is -5.04. The van der Waals surface area contributed by atoms with Gasteiger partial charge < -0.3 is 9.11 Å². The van der Waals surface area contributed by atoms with E-state index in [1.54, 1.807) is 0 Å². The van der Waals surface area contributed by atoms with Crippen molar-refractivity contribution in [3.63, 3.8) is 0 Å². The van der Waals surface area contributed by atoms with Crippen LogP contribution in [0.4, 0.5) is 17.6 Å². The molecule has 0 bridgehead atoms. The Balaban J connectivity index is 3.23. The summed E-state index contributed by atoms with van der Waals surface area (Å²) < 4.78 is 78.3. The highest BCUT2D eigenvalue weighted by molar-refractivity contribution is 8.10. The van der Waals surface area contributed by atoms with Crippen LogP contribution in [-0.4, -0.2) is 25.2 Å². The molecule has 0 spiro atoms. The molecule has 0 radical (unpaired) electrons. The lowest BCUT2D eigenvalue weighted by Crippen LogP contribution is -2.42. The Labute approximate surface area is 88.1 Å². The molecular weight excluding hydrogens is 252 g/mol. The molecule has 1 aromatic rings. The van der Waals surface area contributed by atoms with Crippen LogP contribution in [0.15, 0.2) is 29.2 Å². The Morgan fingerprint density at radius 1 is 1.25 bits per heavy atom. The van der Waals surface area contributed by atoms with Crippen molar-refractivity contribution in [2.75, 3.05) is 5.75 Å². The highest BCUT2D eigenvalue weighted by Gasteiger charge is 2.45. The lowest BCUT2D eigenvalue weighted by molar-refractivity contribution is -0.108. The van der Waals surface area contributed by atoms with Gasteiger partial charge in [0.25, 0.3) is 0 Å². The summed E-state index contributed by atoms with van der Waals surface area (Å²) >= 11 is 0. The van der Waals surface area contributed by atoms with Gasteiger partial charge in [-0.25, -0.2) is 8.60 Å². The number of hydrogen-bond donors (Lipinski definition) is 2. The molecule has 0 aliphatic heterocycles. The van der Waals surface area contributed by atoms with Crippen molar-refractivity contribution in [1.29, 1.82) is 0 Å². The van der Waals surface area contributed by atoms with Crippen molar-refractivity contribution < 1.29 is 30.9 Å². The maximum Gasteiger partial charge on any atom is 0.403 e. The van der Waals surface area contributed by atoms with Gasteiger partial charge in [0.15, 0.2) is 0 Å². The predicted molar refractivity (Wildman–Crippen MR) is 49.0 cm³/mol. The van der Waals surface area contributed by atoms with Crippen molar-refractivity contribution >= 4 is 9.63 Å². The molecular formula is C8H8F4O3S. The normalized spacial score (nSPS) is 15.5. The second-order valence-corrected chi connectivity index (χ2v) is 6.03. The van der Waals surface area contributed by atoms with E-state index in [1.165, 1.54) is 0 Å². The first-order valence-corrected chi connectivity index (χ1v) is 6.00. The van der Waals surface area contributed by atoms with E-state index in [0.717, 1.165) is 18.2 Å². The SMILES string of the molecule is O=S(O)(O)(CC(F)(F)F)c1cccc(F)c1. The molecule has 2 N–H and O–H groups in total. The third-order valence-electron chi connectivity index (χ3n) is 1.69. The number of hydrogen-bond acceptors (Lipinski definition) is 1. The molecule has 0 heterocycles. The topological polar surface area (TPSA) is 57.5 Å². The van der Waals surface area contributed by atoms with Gasteiger partial charge in [0.05, 0.1) is 4.90 Å². The molecule has 1 rings (SSSR count). The Hall–Kier alpha value is -0.990. The first-order chi connectivity index (χ1) is 6.98. The lowest BCUT2D eigenvalue weighted by atomic mass is 10.4. The summed E-state index contributed by atoms with van der Waals surface area (Å²) in [5.41, 5.74) is 0. The minimum atomic E-state index is -6.07. The summed E-state index contributed by atoms with van der Waals surface area (Å²) in [7, 11) is -6.07. The van der Waals surface area contributed by atoms with E-state index in [0.29, 0.717) is 6.07 Å². The first kappa shape index (κ1) is 13.1. The molecule has 1 aromatic carbocycles. The van der Waals surface area contributed by atoms with Crippen LogP contribution < -0.4 is 0 Å². The second kappa shape index (κ2) is 3.51. The molecule has 0 saturated carbocycles. The Morgan fingerprint density at radius 3 is 2.25 bits per heavy atom. The van der Waals surface area contributed by atoms with Crippen LogP contribution in [-0.2, 0) is 9.63 Å². The first-order valence-electron chi connectivity index (χ1n) is 3.96. The third kappa shape index (κ3) is 3.26. The number of benzene rings is 1. The molecule has 0 aliphatic rings. The minimum Gasteiger partial charge on any atom is -0.304 e. The van der Waals surface area contributed by atoms with Gasteiger partial charge >= 0.3 is 6.18 Å². The predicted octanol–water partition coefficient (Wildman–Crippen LogP) is 2.51. The number of halogens is 4. The standard InChI is InChI=1S/C8H8F4O3S/c9-6-2-1-3-7(4-6)16(13,14,15)5-8(10,11)12/h1-4H,5H2,(H2,13,14,15). The third-order valence-corrected chi connectivity index (χ3v) is 3.74. The summed E-state index contributed by atoms with van der Waals surface area (Å²) in [6, 6.07) is 2.95. The number of rotatable bonds is 2. The molecule has 8 heteroatoms. The zero-order chi connectivity index (χ0) is 12.6. The molecule has 0 saturated heterocycles. The summed E-state index contributed by atoms with van der Waals surface area (Å²) in [5, 5.41) is 0. The van der Waals surface area contributed by atoms with E-state index in [1.807, 2.05) is 0 Å². The lowest BCUT2D eigenvalue weighted by Gasteiger charge is -2.31. The quantitative estimate of drug-likeness (QED) is 0.803. The highest BCUT2D eigenvalue weighted by Crippen LogP contribution is 2.35. The van der Waals surface area contributed by atoms with E-state index >= 15 is 0 Å². The largest absolute Gasteiger partial charge is 0.403 e. The fraction of sp³-hybridized carbons (Fsp3) is 0.250. The van der Waals surface area contributed by atoms with Crippen LogP contribution in [0.1, 0.15) is 0 Å². The molecule has 16 heavy (non-hydrogen) atoms. The van der Waals surface area contributed by atoms with Crippen molar-refractivity contribution in [3.05, 3.63) is 30.1 Å². The van der Waals surface area contributed by atoms with Crippen LogP contribution in [0.5, 0.6) is 0 Å². The molecule has 0 aliphatic carbocycles. The van der Waals surface area contributed by atoms with Gasteiger partial charge in [-0.05, 0) is 18.2 Å². The van der Waals surface area contributed by atoms with Crippen LogP contribution in [0.2, 0.25) is 0 Å². The van der Waals surface area contributed by atoms with Gasteiger partial charge in [-0.1, -0.05) is 6.07 Å². The fourth-order valence-electron chi connectivity index (χ4n) is 1.10. The van der Waals surface area contributed by atoms with Crippen LogP contribution >= 0.6 is 0 Å². The van der Waals surface area contributed by atoms with Crippen LogP contribution in [0, 0.1) is 5.82 Å². The molecule has 0 amide bonds. The van der Waals surface area contributed by atoms with E-state index < -0.39 is 32.3 Å². The summed E-state index contributed by atoms with van der Waals surface area (Å²) in [5.74, 6) is -3.34. The number of alkyl halides is 3. The summed E-state index contributed by atoms with van der Waals surface area (Å²) in [6.45, 7) is 0. The van der Waals surface area contributed by atoms with E-state index in [2.05, 4.69) is 0 Å². The van der Waals surface area contributed by atoms with Gasteiger partial charge in [-0.3, -0.25) is 0 Å². The highest BCUT2D eigenvalue weighted by atomic mass is 32.3. The van der Waals surface area contributed by atoms with Crippen molar-refractivity contribution in [2.24, 2.45) is 0 Å². The smallest absolute Gasteiger partial charge is 0.304 e. The summed E-state index contributed by atoms with van der Waals surface area (Å²) in [4.78, 5) is -0.991. The van der Waals surface area contributed by atoms with Gasteiger partial charge in [-0.15, -0.1) is 0 Å². The Morgan fingerprint density at radius 2 is 1.81 bits per heavy atom. The minimum absolute atomic E-state index is 0.389. The molecule has 0 aromatic heterocycles. The van der Waals surface area contributed by atoms with E-state index in [4.69, 9.17) is 9.11 Å². The Bertz CT molecular complexity index is 463. The van der Waals surface area contributed by atoms with E-state index in [-0.39, 0.29) is 0 Å².